The Morgan fingerprint density at radius 2 is 1.15 bits per heavy atom. The molecule has 14 heteroatoms. The molecule has 12 nitrogen and oxygen atoms in total. The standard InChI is InChI=1S/C20H25BN2O5.C14H13BrN2O3/c1-13(14-7-9-22-10-8-14)26-17-16(18(24)25-6)11-15(12-23-17)21-27-19(2,3)20(4,5)28-21;1-9(10-3-5-16-6-4-10)20-13-12(14(18)19-2)7-11(15)8-17-13/h7-13H,1-6H3;3-9H,1-2H3. The monoisotopic (exact) mass is 720 g/mol. The van der Waals surface area contributed by atoms with Gasteiger partial charge in [-0.15, -0.1) is 0 Å². The lowest BCUT2D eigenvalue weighted by atomic mass is 9.79. The summed E-state index contributed by atoms with van der Waals surface area (Å²) in [7, 11) is 2.01. The summed E-state index contributed by atoms with van der Waals surface area (Å²) in [6.45, 7) is 11.6. The zero-order chi connectivity index (χ0) is 35.1. The molecule has 0 spiro atoms. The number of rotatable bonds is 9. The highest BCUT2D eigenvalue weighted by Crippen LogP contribution is 2.37. The fourth-order valence-corrected chi connectivity index (χ4v) is 4.77. The van der Waals surface area contributed by atoms with Crippen LogP contribution >= 0.6 is 15.9 Å². The highest BCUT2D eigenvalue weighted by molar-refractivity contribution is 9.10. The van der Waals surface area contributed by atoms with E-state index in [-0.39, 0.29) is 35.1 Å². The summed E-state index contributed by atoms with van der Waals surface area (Å²) in [6, 6.07) is 10.7. The summed E-state index contributed by atoms with van der Waals surface area (Å²) >= 11 is 3.27. The van der Waals surface area contributed by atoms with Crippen molar-refractivity contribution in [2.24, 2.45) is 0 Å². The van der Waals surface area contributed by atoms with E-state index in [4.69, 9.17) is 28.3 Å². The maximum atomic E-state index is 12.3. The van der Waals surface area contributed by atoms with Crippen molar-refractivity contribution >= 4 is 40.4 Å². The lowest BCUT2D eigenvalue weighted by Crippen LogP contribution is -2.41. The van der Waals surface area contributed by atoms with E-state index in [1.165, 1.54) is 14.2 Å². The van der Waals surface area contributed by atoms with Gasteiger partial charge in [0.2, 0.25) is 11.8 Å². The molecule has 0 aromatic carbocycles. The third-order valence-electron chi connectivity index (χ3n) is 7.95. The molecule has 1 saturated heterocycles. The third-order valence-corrected chi connectivity index (χ3v) is 8.39. The number of hydrogen-bond donors (Lipinski definition) is 0. The molecule has 48 heavy (non-hydrogen) atoms. The number of nitrogens with zero attached hydrogens (tertiary/aromatic N) is 4. The van der Waals surface area contributed by atoms with Crippen molar-refractivity contribution in [1.82, 2.24) is 19.9 Å². The van der Waals surface area contributed by atoms with Crippen LogP contribution in [0.2, 0.25) is 0 Å². The summed E-state index contributed by atoms with van der Waals surface area (Å²) in [5, 5.41) is 0. The van der Waals surface area contributed by atoms with Gasteiger partial charge in [0.05, 0.1) is 25.4 Å². The van der Waals surface area contributed by atoms with Gasteiger partial charge in [0, 0.05) is 47.1 Å². The molecule has 0 aliphatic carbocycles. The van der Waals surface area contributed by atoms with Crippen LogP contribution in [-0.2, 0) is 18.8 Å². The number of ether oxygens (including phenoxy) is 4. The first-order valence-corrected chi connectivity index (χ1v) is 15.9. The predicted octanol–water partition coefficient (Wildman–Crippen LogP) is 5.87. The maximum absolute atomic E-state index is 12.3. The topological polar surface area (TPSA) is 141 Å². The van der Waals surface area contributed by atoms with Crippen LogP contribution in [0.1, 0.15) is 85.6 Å². The Labute approximate surface area is 288 Å². The minimum absolute atomic E-state index is 0.191. The second-order valence-corrected chi connectivity index (χ2v) is 12.7. The molecule has 2 unspecified atom stereocenters. The van der Waals surface area contributed by atoms with Gasteiger partial charge in [0.25, 0.3) is 0 Å². The van der Waals surface area contributed by atoms with Crippen LogP contribution in [0.5, 0.6) is 11.8 Å². The quantitative estimate of drug-likeness (QED) is 0.151. The number of carbonyl (C=O) groups excluding carboxylic acids is 2. The van der Waals surface area contributed by atoms with Crippen molar-refractivity contribution in [3.8, 4) is 11.8 Å². The average Bonchev–Trinajstić information content (AvgIpc) is 3.31. The van der Waals surface area contributed by atoms with Crippen molar-refractivity contribution in [3.63, 3.8) is 0 Å². The first kappa shape index (κ1) is 36.4. The van der Waals surface area contributed by atoms with Crippen LogP contribution in [0.25, 0.3) is 0 Å². The van der Waals surface area contributed by atoms with Crippen LogP contribution in [0.4, 0.5) is 0 Å². The van der Waals surface area contributed by atoms with Gasteiger partial charge in [-0.05, 0) is 105 Å². The van der Waals surface area contributed by atoms with Crippen molar-refractivity contribution in [1.29, 1.82) is 0 Å². The highest BCUT2D eigenvalue weighted by Gasteiger charge is 2.52. The molecular formula is C34H38BBrN4O8. The first-order valence-electron chi connectivity index (χ1n) is 15.1. The van der Waals surface area contributed by atoms with E-state index in [0.29, 0.717) is 9.94 Å². The number of aromatic nitrogens is 4. The number of pyridine rings is 4. The molecule has 252 valence electrons. The normalized spacial score (nSPS) is 15.7. The molecular weight excluding hydrogens is 683 g/mol. The Balaban J connectivity index is 0.000000229. The second kappa shape index (κ2) is 15.7. The Bertz CT molecular complexity index is 1700. The Hall–Kier alpha value is -4.40. The van der Waals surface area contributed by atoms with Crippen molar-refractivity contribution in [2.75, 3.05) is 14.2 Å². The summed E-state index contributed by atoms with van der Waals surface area (Å²) in [6.07, 6.45) is 9.34. The van der Waals surface area contributed by atoms with Crippen molar-refractivity contribution in [2.45, 2.75) is 65.0 Å². The number of carbonyl (C=O) groups is 2. The van der Waals surface area contributed by atoms with E-state index in [9.17, 15) is 9.59 Å². The minimum Gasteiger partial charge on any atom is -0.469 e. The van der Waals surface area contributed by atoms with Gasteiger partial charge in [-0.2, -0.15) is 0 Å². The molecule has 0 amide bonds. The van der Waals surface area contributed by atoms with Crippen molar-refractivity contribution in [3.05, 3.63) is 100 Å². The van der Waals surface area contributed by atoms with Gasteiger partial charge < -0.3 is 28.3 Å². The van der Waals surface area contributed by atoms with E-state index < -0.39 is 30.3 Å². The van der Waals surface area contributed by atoms with E-state index in [1.807, 2.05) is 65.8 Å². The molecule has 4 aromatic heterocycles. The van der Waals surface area contributed by atoms with Gasteiger partial charge in [-0.25, -0.2) is 19.6 Å². The van der Waals surface area contributed by atoms with Crippen molar-refractivity contribution < 1.29 is 37.8 Å². The van der Waals surface area contributed by atoms with Gasteiger partial charge in [-0.3, -0.25) is 9.97 Å². The Morgan fingerprint density at radius 1 is 0.729 bits per heavy atom. The summed E-state index contributed by atoms with van der Waals surface area (Å²) in [5.41, 5.74) is 2.01. The smallest absolute Gasteiger partial charge is 0.469 e. The van der Waals surface area contributed by atoms with Gasteiger partial charge in [0.15, 0.2) is 0 Å². The first-order chi connectivity index (χ1) is 22.8. The number of halogens is 1. The SMILES string of the molecule is COC(=O)c1cc(B2OC(C)(C)C(C)(C)O2)cnc1OC(C)c1ccncc1.COC(=O)c1cc(Br)cnc1OC(C)c1ccncc1. The number of hydrogen-bond acceptors (Lipinski definition) is 12. The average molecular weight is 721 g/mol. The van der Waals surface area contributed by atoms with Gasteiger partial charge in [0.1, 0.15) is 23.3 Å². The second-order valence-electron chi connectivity index (χ2n) is 11.8. The van der Waals surface area contributed by atoms with Gasteiger partial charge >= 0.3 is 19.1 Å². The minimum atomic E-state index is -0.632. The molecule has 0 radical (unpaired) electrons. The van der Waals surface area contributed by atoms with E-state index in [1.54, 1.807) is 49.3 Å². The molecule has 4 aromatic rings. The molecule has 5 heterocycles. The summed E-state index contributed by atoms with van der Waals surface area (Å²) in [5.74, 6) is -0.598. The van der Waals surface area contributed by atoms with E-state index in [0.717, 1.165) is 11.1 Å². The highest BCUT2D eigenvalue weighted by atomic mass is 79.9. The van der Waals surface area contributed by atoms with Crippen LogP contribution in [-0.4, -0.2) is 64.4 Å². The molecule has 5 rings (SSSR count). The molecule has 1 fully saturated rings. The zero-order valence-electron chi connectivity index (χ0n) is 28.1. The third kappa shape index (κ3) is 8.74. The largest absolute Gasteiger partial charge is 0.496 e. The molecule has 1 aliphatic rings. The molecule has 2 atom stereocenters. The molecule has 0 bridgehead atoms. The molecule has 0 N–H and O–H groups in total. The van der Waals surface area contributed by atoms with Crippen LogP contribution < -0.4 is 14.9 Å². The summed E-state index contributed by atoms with van der Waals surface area (Å²) < 4.78 is 34.1. The van der Waals surface area contributed by atoms with E-state index in [2.05, 4.69) is 35.9 Å². The number of esters is 2. The van der Waals surface area contributed by atoms with E-state index >= 15 is 0 Å². The lowest BCUT2D eigenvalue weighted by molar-refractivity contribution is 0.00578. The zero-order valence-corrected chi connectivity index (χ0v) is 29.7. The fraction of sp³-hybridized carbons (Fsp3) is 0.353. The maximum Gasteiger partial charge on any atom is 0.496 e. The summed E-state index contributed by atoms with van der Waals surface area (Å²) in [4.78, 5) is 40.5. The fourth-order valence-electron chi connectivity index (χ4n) is 4.44. The Kier molecular flexibility index (Phi) is 11.9. The molecule has 1 aliphatic heterocycles. The molecule has 0 saturated carbocycles. The van der Waals surface area contributed by atoms with Crippen LogP contribution in [0.15, 0.2) is 78.1 Å². The predicted molar refractivity (Wildman–Crippen MR) is 181 cm³/mol. The van der Waals surface area contributed by atoms with Crippen LogP contribution in [0, 0.1) is 0 Å². The number of methoxy groups -OCH3 is 2. The Morgan fingerprint density at radius 3 is 1.58 bits per heavy atom. The van der Waals surface area contributed by atoms with Gasteiger partial charge in [-0.1, -0.05) is 0 Å². The lowest BCUT2D eigenvalue weighted by Gasteiger charge is -2.32. The van der Waals surface area contributed by atoms with Crippen LogP contribution in [0.3, 0.4) is 0 Å².